The van der Waals surface area contributed by atoms with Crippen molar-refractivity contribution in [1.82, 2.24) is 0 Å². The molecule has 0 spiro atoms. The molecule has 122 valence electrons. The molecule has 1 aromatic rings. The number of aryl methyl sites for hydroxylation is 2. The Balaban J connectivity index is 2.12. The molecule has 3 atom stereocenters. The van der Waals surface area contributed by atoms with Crippen molar-refractivity contribution in [2.45, 2.75) is 65.6 Å². The van der Waals surface area contributed by atoms with Gasteiger partial charge in [-0.1, -0.05) is 32.0 Å². The monoisotopic (exact) mass is 304 g/mol. The van der Waals surface area contributed by atoms with Gasteiger partial charge in [-0.15, -0.1) is 0 Å². The minimum Gasteiger partial charge on any atom is -0.456 e. The van der Waals surface area contributed by atoms with Gasteiger partial charge in [0, 0.05) is 6.42 Å². The van der Waals surface area contributed by atoms with E-state index in [-0.39, 0.29) is 5.97 Å². The fourth-order valence-corrected chi connectivity index (χ4v) is 3.64. The van der Waals surface area contributed by atoms with Gasteiger partial charge in [0.05, 0.1) is 11.7 Å². The smallest absolute Gasteiger partial charge is 0.339 e. The summed E-state index contributed by atoms with van der Waals surface area (Å²) in [6.45, 7) is 10.1. The van der Waals surface area contributed by atoms with Gasteiger partial charge in [0.15, 0.2) is 0 Å². The second-order valence-corrected chi connectivity index (χ2v) is 7.32. The molecule has 1 N–H and O–H groups in total. The Labute approximate surface area is 133 Å². The van der Waals surface area contributed by atoms with E-state index >= 15 is 0 Å². The first-order chi connectivity index (χ1) is 10.2. The van der Waals surface area contributed by atoms with Gasteiger partial charge in [0.2, 0.25) is 0 Å². The largest absolute Gasteiger partial charge is 0.456 e. The first-order valence-corrected chi connectivity index (χ1v) is 8.21. The molecule has 3 nitrogen and oxygen atoms in total. The molecule has 0 aromatic heterocycles. The highest BCUT2D eigenvalue weighted by atomic mass is 16.6. The summed E-state index contributed by atoms with van der Waals surface area (Å²) < 4.78 is 5.83. The van der Waals surface area contributed by atoms with Crippen molar-refractivity contribution < 1.29 is 14.6 Å². The van der Waals surface area contributed by atoms with Crippen LogP contribution in [0.2, 0.25) is 0 Å². The second-order valence-electron chi connectivity index (χ2n) is 7.32. The van der Waals surface area contributed by atoms with Gasteiger partial charge >= 0.3 is 5.97 Å². The third-order valence-corrected chi connectivity index (χ3v) is 5.02. The highest BCUT2D eigenvalue weighted by Crippen LogP contribution is 2.38. The lowest BCUT2D eigenvalue weighted by atomic mass is 9.73. The predicted octanol–water partition coefficient (Wildman–Crippen LogP) is 4.04. The van der Waals surface area contributed by atoms with Crippen LogP contribution < -0.4 is 0 Å². The summed E-state index contributed by atoms with van der Waals surface area (Å²) in [4.78, 5) is 12.6. The van der Waals surface area contributed by atoms with Crippen molar-refractivity contribution in [2.24, 2.45) is 11.8 Å². The van der Waals surface area contributed by atoms with Crippen LogP contribution in [-0.4, -0.2) is 22.8 Å². The molecule has 0 saturated heterocycles. The van der Waals surface area contributed by atoms with Crippen LogP contribution in [0.25, 0.3) is 0 Å². The number of rotatable bonds is 3. The first-order valence-electron chi connectivity index (χ1n) is 8.21. The first kappa shape index (κ1) is 17.0. The summed E-state index contributed by atoms with van der Waals surface area (Å²) in [6.07, 6.45) is 1.83. The van der Waals surface area contributed by atoms with Crippen LogP contribution in [0.5, 0.6) is 0 Å². The molecule has 22 heavy (non-hydrogen) atoms. The zero-order valence-electron chi connectivity index (χ0n) is 14.3. The lowest BCUT2D eigenvalue weighted by Gasteiger charge is -2.41. The number of hydrogen-bond acceptors (Lipinski definition) is 3. The average molecular weight is 304 g/mol. The zero-order chi connectivity index (χ0) is 16.5. The minimum absolute atomic E-state index is 0.270. The fraction of sp³-hybridized carbons (Fsp3) is 0.632. The molecular formula is C19H28O3. The normalized spacial score (nSPS) is 28.7. The minimum atomic E-state index is -0.573. The van der Waals surface area contributed by atoms with Crippen LogP contribution in [0.4, 0.5) is 0 Å². The number of aliphatic hydroxyl groups is 1. The molecule has 1 saturated carbocycles. The standard InChI is InChI=1S/C19H28O3/c1-12(2)15-9-10-19(5,11-16(15)20)22-18(21)17-13(3)7-6-8-14(17)4/h6-8,12,15-16,20H,9-11H2,1-5H3/t15-,16+,19+/m0/s1. The molecule has 1 aliphatic rings. The number of carbonyl (C=O) groups excluding carboxylic acids is 1. The van der Waals surface area contributed by atoms with Crippen LogP contribution in [-0.2, 0) is 4.74 Å². The van der Waals surface area contributed by atoms with E-state index < -0.39 is 11.7 Å². The van der Waals surface area contributed by atoms with Crippen molar-refractivity contribution in [3.63, 3.8) is 0 Å². The van der Waals surface area contributed by atoms with Crippen molar-refractivity contribution >= 4 is 5.97 Å². The molecule has 2 rings (SSSR count). The Morgan fingerprint density at radius 3 is 2.41 bits per heavy atom. The van der Waals surface area contributed by atoms with E-state index in [1.165, 1.54) is 0 Å². The molecule has 1 fully saturated rings. The Hall–Kier alpha value is -1.35. The molecule has 3 heteroatoms. The zero-order valence-corrected chi connectivity index (χ0v) is 14.3. The Morgan fingerprint density at radius 2 is 1.91 bits per heavy atom. The van der Waals surface area contributed by atoms with Crippen LogP contribution in [0.15, 0.2) is 18.2 Å². The summed E-state index contributed by atoms with van der Waals surface area (Å²) >= 11 is 0. The number of ether oxygens (including phenoxy) is 1. The summed E-state index contributed by atoms with van der Waals surface area (Å²) in [7, 11) is 0. The number of hydrogen-bond donors (Lipinski definition) is 1. The fourth-order valence-electron chi connectivity index (χ4n) is 3.64. The van der Waals surface area contributed by atoms with Gasteiger partial charge in [-0.05, 0) is 56.6 Å². The lowest BCUT2D eigenvalue weighted by Crippen LogP contribution is -2.44. The maximum absolute atomic E-state index is 12.6. The topological polar surface area (TPSA) is 46.5 Å². The quantitative estimate of drug-likeness (QED) is 0.857. The van der Waals surface area contributed by atoms with E-state index in [0.717, 1.165) is 24.0 Å². The third kappa shape index (κ3) is 3.52. The molecule has 1 aliphatic carbocycles. The Kier molecular flexibility index (Phi) is 4.96. The van der Waals surface area contributed by atoms with E-state index in [9.17, 15) is 9.90 Å². The van der Waals surface area contributed by atoms with Gasteiger partial charge in [-0.2, -0.15) is 0 Å². The van der Waals surface area contributed by atoms with E-state index in [0.29, 0.717) is 23.8 Å². The number of benzene rings is 1. The Morgan fingerprint density at radius 1 is 1.32 bits per heavy atom. The van der Waals surface area contributed by atoms with Crippen molar-refractivity contribution in [3.8, 4) is 0 Å². The number of esters is 1. The van der Waals surface area contributed by atoms with E-state index in [1.54, 1.807) is 0 Å². The van der Waals surface area contributed by atoms with Crippen LogP contribution in [0.3, 0.4) is 0 Å². The molecule has 0 aliphatic heterocycles. The average Bonchev–Trinajstić information content (AvgIpc) is 2.37. The summed E-state index contributed by atoms with van der Waals surface area (Å²) in [6, 6.07) is 5.80. The number of carbonyl (C=O) groups is 1. The van der Waals surface area contributed by atoms with Crippen LogP contribution in [0.1, 0.15) is 61.5 Å². The van der Waals surface area contributed by atoms with Crippen LogP contribution >= 0.6 is 0 Å². The van der Waals surface area contributed by atoms with E-state index in [2.05, 4.69) is 13.8 Å². The van der Waals surface area contributed by atoms with Crippen LogP contribution in [0, 0.1) is 25.7 Å². The van der Waals surface area contributed by atoms with Gasteiger partial charge in [0.25, 0.3) is 0 Å². The highest BCUT2D eigenvalue weighted by molar-refractivity contribution is 5.92. The number of aliphatic hydroxyl groups excluding tert-OH is 1. The third-order valence-electron chi connectivity index (χ3n) is 5.02. The summed E-state index contributed by atoms with van der Waals surface area (Å²) in [5, 5.41) is 10.4. The van der Waals surface area contributed by atoms with Gasteiger partial charge in [-0.25, -0.2) is 4.79 Å². The van der Waals surface area contributed by atoms with Crippen molar-refractivity contribution in [2.75, 3.05) is 0 Å². The van der Waals surface area contributed by atoms with Gasteiger partial charge in [-0.3, -0.25) is 0 Å². The molecule has 0 amide bonds. The molecule has 1 aromatic carbocycles. The summed E-state index contributed by atoms with van der Waals surface area (Å²) in [5.41, 5.74) is 1.95. The molecule has 0 bridgehead atoms. The SMILES string of the molecule is Cc1cccc(C)c1C(=O)O[C@]1(C)CC[C@@H](C(C)C)[C@H](O)C1. The van der Waals surface area contributed by atoms with Gasteiger partial charge in [0.1, 0.15) is 5.60 Å². The maximum atomic E-state index is 12.6. The second kappa shape index (κ2) is 6.41. The van der Waals surface area contributed by atoms with Gasteiger partial charge < -0.3 is 9.84 Å². The predicted molar refractivity (Wildman–Crippen MR) is 87.9 cm³/mol. The van der Waals surface area contributed by atoms with E-state index in [1.807, 2.05) is 39.0 Å². The molecule has 0 unspecified atom stereocenters. The van der Waals surface area contributed by atoms with Crippen molar-refractivity contribution in [1.29, 1.82) is 0 Å². The maximum Gasteiger partial charge on any atom is 0.339 e. The summed E-state index contributed by atoms with van der Waals surface area (Å²) in [5.74, 6) is 0.481. The highest BCUT2D eigenvalue weighted by Gasteiger charge is 2.41. The lowest BCUT2D eigenvalue weighted by molar-refractivity contribution is -0.0817. The van der Waals surface area contributed by atoms with Crippen molar-refractivity contribution in [3.05, 3.63) is 34.9 Å². The Bertz CT molecular complexity index is 529. The van der Waals surface area contributed by atoms with E-state index in [4.69, 9.17) is 4.74 Å². The molecule has 0 radical (unpaired) electrons. The molecule has 0 heterocycles. The molecular weight excluding hydrogens is 276 g/mol.